The van der Waals surface area contributed by atoms with Crippen LogP contribution in [0.2, 0.25) is 0 Å². The van der Waals surface area contributed by atoms with Crippen LogP contribution in [0.3, 0.4) is 0 Å². The quantitative estimate of drug-likeness (QED) is 0.166. The maximum Gasteiger partial charge on any atom is 0.179 e. The second kappa shape index (κ2) is 15.6. The van der Waals surface area contributed by atoms with Crippen molar-refractivity contribution < 1.29 is 0 Å². The highest BCUT2D eigenvalue weighted by Crippen LogP contribution is 2.63. The molecule has 0 bridgehead atoms. The normalized spacial score (nSPS) is 18.9. The Morgan fingerprint density at radius 2 is 0.970 bits per heavy atom. The van der Waals surface area contributed by atoms with E-state index in [4.69, 9.17) is 16.5 Å². The number of nitrogens with zero attached hydrogens (tertiary/aromatic N) is 6. The molecule has 1 aromatic heterocycles. The lowest BCUT2D eigenvalue weighted by Crippen LogP contribution is -2.60. The number of aromatic nitrogens is 2. The van der Waals surface area contributed by atoms with E-state index >= 15 is 0 Å². The Balaban J connectivity index is 1.09. The van der Waals surface area contributed by atoms with E-state index < -0.39 is 0 Å². The van der Waals surface area contributed by atoms with Crippen molar-refractivity contribution in [1.82, 2.24) is 9.97 Å². The van der Waals surface area contributed by atoms with Gasteiger partial charge in [0.25, 0.3) is 0 Å². The molecule has 0 radical (unpaired) electrons. The van der Waals surface area contributed by atoms with Crippen LogP contribution in [0.25, 0.3) is 38.9 Å². The summed E-state index contributed by atoms with van der Waals surface area (Å²) in [5, 5.41) is 0. The summed E-state index contributed by atoms with van der Waals surface area (Å²) in [6.45, 7) is 9.54. The van der Waals surface area contributed by atoms with Crippen LogP contribution in [0.4, 0.5) is 45.8 Å². The van der Waals surface area contributed by atoms with E-state index in [9.17, 15) is 0 Å². The molecule has 0 amide bonds. The number of aryl methyl sites for hydroxylation is 2. The molecule has 4 aliphatic rings. The average molecular weight is 867 g/mol. The van der Waals surface area contributed by atoms with Gasteiger partial charge >= 0.3 is 0 Å². The van der Waals surface area contributed by atoms with Gasteiger partial charge in [0.05, 0.1) is 28.1 Å². The zero-order chi connectivity index (χ0) is 44.8. The molecule has 0 saturated heterocycles. The number of rotatable bonds is 6. The first-order valence-corrected chi connectivity index (χ1v) is 23.8. The van der Waals surface area contributed by atoms with Crippen molar-refractivity contribution in [1.29, 1.82) is 0 Å². The van der Waals surface area contributed by atoms with Crippen LogP contribution in [-0.4, -0.2) is 22.3 Å². The third kappa shape index (κ3) is 6.02. The monoisotopic (exact) mass is 866 g/mol. The van der Waals surface area contributed by atoms with Crippen molar-refractivity contribution in [2.75, 3.05) is 19.6 Å². The molecular weight excluding hydrogens is 817 g/mol. The van der Waals surface area contributed by atoms with E-state index in [1.807, 2.05) is 0 Å². The summed E-state index contributed by atoms with van der Waals surface area (Å²) in [5.74, 6) is 1.76. The van der Waals surface area contributed by atoms with Crippen LogP contribution in [0, 0.1) is 5.92 Å². The van der Waals surface area contributed by atoms with Gasteiger partial charge in [-0.25, -0.2) is 9.97 Å². The molecule has 0 spiro atoms. The van der Waals surface area contributed by atoms with E-state index in [-0.39, 0.29) is 24.2 Å². The Kier molecular flexibility index (Phi) is 9.17. The zero-order valence-corrected chi connectivity index (χ0v) is 37.8. The summed E-state index contributed by atoms with van der Waals surface area (Å²) >= 11 is 0. The van der Waals surface area contributed by atoms with Crippen molar-refractivity contribution >= 4 is 62.4 Å². The molecular formula is C61H50N6. The number of allylic oxidation sites excluding steroid dienone is 1. The number of hydrogen-bond donors (Lipinski definition) is 0. The lowest BCUT2D eigenvalue weighted by molar-refractivity contribution is 0.290. The first-order valence-electron chi connectivity index (χ1n) is 23.8. The van der Waals surface area contributed by atoms with Crippen molar-refractivity contribution in [3.63, 3.8) is 0 Å². The number of anilines is 8. The second-order valence-corrected chi connectivity index (χ2v) is 18.3. The minimum Gasteiger partial charge on any atom is -0.318 e. The molecule has 5 heterocycles. The fourth-order valence-corrected chi connectivity index (χ4v) is 12.0. The van der Waals surface area contributed by atoms with E-state index in [2.05, 4.69) is 228 Å². The summed E-state index contributed by atoms with van der Waals surface area (Å²) in [7, 11) is 0. The van der Waals surface area contributed by atoms with Gasteiger partial charge in [-0.3, -0.25) is 0 Å². The molecule has 0 N–H and O–H groups in total. The summed E-state index contributed by atoms with van der Waals surface area (Å²) in [4.78, 5) is 21.4. The van der Waals surface area contributed by atoms with Gasteiger partial charge in [0.2, 0.25) is 0 Å². The topological polar surface area (TPSA) is 38.7 Å². The number of para-hydroxylation sites is 6. The summed E-state index contributed by atoms with van der Waals surface area (Å²) in [6.07, 6.45) is 2.33. The highest BCUT2D eigenvalue weighted by Gasteiger charge is 2.59. The first-order chi connectivity index (χ1) is 33.1. The van der Waals surface area contributed by atoms with E-state index in [1.54, 1.807) is 0 Å². The van der Waals surface area contributed by atoms with Crippen molar-refractivity contribution in [3.8, 4) is 22.3 Å². The van der Waals surface area contributed by atoms with Crippen LogP contribution in [0.1, 0.15) is 48.4 Å². The fourth-order valence-electron chi connectivity index (χ4n) is 12.0. The Hall–Kier alpha value is -7.96. The molecule has 13 rings (SSSR count). The molecule has 6 nitrogen and oxygen atoms in total. The molecule has 4 unspecified atom stereocenters. The highest BCUT2D eigenvalue weighted by molar-refractivity contribution is 5.96. The van der Waals surface area contributed by atoms with Crippen LogP contribution >= 0.6 is 0 Å². The fraction of sp³-hybridized carbons (Fsp3) is 0.148. The Labute approximate surface area is 392 Å². The molecule has 4 atom stereocenters. The van der Waals surface area contributed by atoms with Crippen molar-refractivity contribution in [3.05, 3.63) is 223 Å². The molecule has 67 heavy (non-hydrogen) atoms. The van der Waals surface area contributed by atoms with E-state index in [0.717, 1.165) is 58.9 Å². The van der Waals surface area contributed by atoms with Crippen LogP contribution in [0.15, 0.2) is 201 Å². The van der Waals surface area contributed by atoms with Gasteiger partial charge in [0.15, 0.2) is 11.6 Å². The lowest BCUT2D eigenvalue weighted by Gasteiger charge is -2.53. The number of fused-ring (bicyclic) bond motifs is 15. The van der Waals surface area contributed by atoms with Crippen molar-refractivity contribution in [2.45, 2.75) is 51.4 Å². The first kappa shape index (κ1) is 39.4. The molecule has 8 aromatic carbocycles. The van der Waals surface area contributed by atoms with Crippen LogP contribution in [-0.2, 0) is 12.8 Å². The smallest absolute Gasteiger partial charge is 0.179 e. The van der Waals surface area contributed by atoms with Gasteiger partial charge in [0.1, 0.15) is 12.3 Å². The maximum absolute atomic E-state index is 5.53. The van der Waals surface area contributed by atoms with Crippen LogP contribution < -0.4 is 19.6 Å². The molecule has 0 saturated carbocycles. The maximum atomic E-state index is 5.53. The van der Waals surface area contributed by atoms with Gasteiger partial charge in [-0.15, -0.1) is 0 Å². The predicted octanol–water partition coefficient (Wildman–Crippen LogP) is 15.2. The summed E-state index contributed by atoms with van der Waals surface area (Å²) < 4.78 is 0. The lowest BCUT2D eigenvalue weighted by atomic mass is 9.71. The van der Waals surface area contributed by atoms with Crippen LogP contribution in [0.5, 0.6) is 0 Å². The predicted molar refractivity (Wildman–Crippen MR) is 277 cm³/mol. The molecule has 6 heteroatoms. The third-order valence-corrected chi connectivity index (χ3v) is 14.9. The SMILES string of the molecule is C=C1CC2c3ccccc3N3c4nc5ccccc5nc4N(c4ccccc4)C3C2C2N(c3ccc(-c4ccccc4CC)cc3)c3ccccc3N2c2ccc(-c3ccccc3CC)cc21. The van der Waals surface area contributed by atoms with Gasteiger partial charge < -0.3 is 19.6 Å². The Morgan fingerprint density at radius 1 is 0.448 bits per heavy atom. The Morgan fingerprint density at radius 3 is 1.66 bits per heavy atom. The summed E-state index contributed by atoms with van der Waals surface area (Å²) in [6, 6.07) is 71.4. The minimum atomic E-state index is -0.209. The minimum absolute atomic E-state index is 0.0486. The van der Waals surface area contributed by atoms with E-state index in [0.29, 0.717) is 0 Å². The highest BCUT2D eigenvalue weighted by atomic mass is 15.5. The largest absolute Gasteiger partial charge is 0.318 e. The zero-order valence-electron chi connectivity index (χ0n) is 37.8. The number of benzene rings is 8. The molecule has 324 valence electrons. The van der Waals surface area contributed by atoms with Gasteiger partial charge in [-0.2, -0.15) is 0 Å². The molecule has 0 aliphatic carbocycles. The average Bonchev–Trinajstić information content (AvgIpc) is 3.90. The standard InChI is InChI=1S/C61H50N6/c1-4-40-19-9-11-23-46(40)42-31-34-45(35-32-42)64-55-29-17-18-30-56(55)66-54-36-33-43(47-24-12-10-20-41(47)5-2)38-49(54)39(3)37-50-48-25-13-16-28-53(48)67-59-58(62-51-26-14-15-27-52(51)63-59)65(44-21-7-6-8-22-44)61(67)57(50)60(64)66/h6-36,38,50,57,60-61H,3-5,37H2,1-2H3. The van der Waals surface area contributed by atoms with Gasteiger partial charge in [-0.1, -0.05) is 148 Å². The summed E-state index contributed by atoms with van der Waals surface area (Å²) in [5.41, 5.74) is 20.1. The number of hydrogen-bond acceptors (Lipinski definition) is 6. The third-order valence-electron chi connectivity index (χ3n) is 14.9. The molecule has 0 fully saturated rings. The van der Waals surface area contributed by atoms with Crippen molar-refractivity contribution in [2.24, 2.45) is 5.92 Å². The Bertz CT molecular complexity index is 3400. The second-order valence-electron chi connectivity index (χ2n) is 18.3. The molecule has 4 aliphatic heterocycles. The van der Waals surface area contributed by atoms with E-state index in [1.165, 1.54) is 67.3 Å². The van der Waals surface area contributed by atoms with Gasteiger partial charge in [0, 0.05) is 34.5 Å². The van der Waals surface area contributed by atoms with Gasteiger partial charge in [-0.05, 0) is 131 Å². The molecule has 9 aromatic rings.